The molecule has 0 unspecified atom stereocenters. The minimum atomic E-state index is -1.17. The molecule has 18 heavy (non-hydrogen) atoms. The summed E-state index contributed by atoms with van der Waals surface area (Å²) in [5, 5.41) is 15.0. The van der Waals surface area contributed by atoms with Crippen molar-refractivity contribution in [2.75, 3.05) is 11.1 Å². The third kappa shape index (κ3) is 2.43. The van der Waals surface area contributed by atoms with Gasteiger partial charge in [-0.05, 0) is 29.7 Å². The number of nitrogen functional groups attached to an aromatic ring is 1. The lowest BCUT2D eigenvalue weighted by Gasteiger charge is -2.07. The Bertz CT molecular complexity index is 597. The van der Waals surface area contributed by atoms with Crippen molar-refractivity contribution >= 4 is 34.8 Å². The van der Waals surface area contributed by atoms with Crippen LogP contribution in [0.2, 0.25) is 0 Å². The number of amides is 1. The molecule has 0 aliphatic heterocycles. The molecule has 2 rings (SSSR count). The van der Waals surface area contributed by atoms with Gasteiger partial charge in [0.05, 0.1) is 17.4 Å². The van der Waals surface area contributed by atoms with E-state index in [0.29, 0.717) is 10.6 Å². The number of carbonyl (C=O) groups excluding carboxylic acids is 1. The van der Waals surface area contributed by atoms with Crippen LogP contribution < -0.4 is 11.1 Å². The maximum absolute atomic E-state index is 11.7. The number of hydrogen-bond acceptors (Lipinski definition) is 6. The fourth-order valence-corrected chi connectivity index (χ4v) is 1.71. The Hall–Kier alpha value is -2.48. The van der Waals surface area contributed by atoms with Gasteiger partial charge in [-0.2, -0.15) is 0 Å². The van der Waals surface area contributed by atoms with Crippen LogP contribution in [-0.2, 0) is 0 Å². The number of aromatic nitrogens is 2. The van der Waals surface area contributed by atoms with Gasteiger partial charge in [-0.25, -0.2) is 4.79 Å². The first kappa shape index (κ1) is 12.0. The molecule has 2 aromatic rings. The Balaban J connectivity index is 2.29. The predicted octanol–water partition coefficient (Wildman–Crippen LogP) is 1.07. The van der Waals surface area contributed by atoms with Crippen LogP contribution in [0.3, 0.4) is 0 Å². The monoisotopic (exact) mass is 264 g/mol. The molecule has 1 aromatic carbocycles. The van der Waals surface area contributed by atoms with Crippen LogP contribution in [0, 0.1) is 0 Å². The lowest BCUT2D eigenvalue weighted by molar-refractivity contribution is 0.0698. The molecule has 1 amide bonds. The first-order chi connectivity index (χ1) is 8.58. The summed E-state index contributed by atoms with van der Waals surface area (Å²) in [6, 6.07) is 4.22. The fraction of sp³-hybridized carbons (Fsp3) is 0. The van der Waals surface area contributed by atoms with Gasteiger partial charge in [0.2, 0.25) is 0 Å². The third-order valence-electron chi connectivity index (χ3n) is 2.11. The van der Waals surface area contributed by atoms with Crippen LogP contribution in [0.1, 0.15) is 20.0 Å². The molecule has 0 saturated heterocycles. The van der Waals surface area contributed by atoms with E-state index >= 15 is 0 Å². The van der Waals surface area contributed by atoms with Crippen LogP contribution in [0.25, 0.3) is 0 Å². The molecular weight excluding hydrogens is 256 g/mol. The number of carbonyl (C=O) groups is 2. The molecule has 1 aromatic heterocycles. The van der Waals surface area contributed by atoms with Gasteiger partial charge in [-0.3, -0.25) is 4.79 Å². The van der Waals surface area contributed by atoms with Crippen molar-refractivity contribution in [1.82, 2.24) is 9.59 Å². The molecule has 0 fully saturated rings. The number of hydrogen-bond donors (Lipinski definition) is 3. The molecule has 0 saturated carbocycles. The van der Waals surface area contributed by atoms with Gasteiger partial charge < -0.3 is 16.2 Å². The Kier molecular flexibility index (Phi) is 3.20. The lowest BCUT2D eigenvalue weighted by Crippen LogP contribution is -2.14. The molecule has 1 heterocycles. The zero-order chi connectivity index (χ0) is 13.1. The van der Waals surface area contributed by atoms with Crippen molar-refractivity contribution in [3.63, 3.8) is 0 Å². The minimum Gasteiger partial charge on any atom is -0.478 e. The third-order valence-corrected chi connectivity index (χ3v) is 2.77. The maximum atomic E-state index is 11.7. The predicted molar refractivity (Wildman–Crippen MR) is 65.7 cm³/mol. The van der Waals surface area contributed by atoms with Gasteiger partial charge in [0.1, 0.15) is 4.88 Å². The van der Waals surface area contributed by atoms with Crippen molar-refractivity contribution in [1.29, 1.82) is 0 Å². The average molecular weight is 264 g/mol. The van der Waals surface area contributed by atoms with E-state index in [1.54, 1.807) is 0 Å². The zero-order valence-electron chi connectivity index (χ0n) is 8.95. The van der Waals surface area contributed by atoms with Gasteiger partial charge in [-0.1, -0.05) is 4.49 Å². The van der Waals surface area contributed by atoms with Gasteiger partial charge in [-0.15, -0.1) is 5.10 Å². The van der Waals surface area contributed by atoms with E-state index in [9.17, 15) is 9.59 Å². The number of benzene rings is 1. The quantitative estimate of drug-likeness (QED) is 0.713. The van der Waals surface area contributed by atoms with Crippen LogP contribution in [0.4, 0.5) is 11.4 Å². The summed E-state index contributed by atoms with van der Waals surface area (Å²) in [5.74, 6) is -1.63. The average Bonchev–Trinajstić information content (AvgIpc) is 2.84. The molecule has 4 N–H and O–H groups in total. The topological polar surface area (TPSA) is 118 Å². The maximum Gasteiger partial charge on any atom is 0.337 e. The summed E-state index contributed by atoms with van der Waals surface area (Å²) in [6.07, 6.45) is 1.30. The highest BCUT2D eigenvalue weighted by Crippen LogP contribution is 2.20. The number of rotatable bonds is 3. The normalized spacial score (nSPS) is 10.0. The number of carboxylic acids is 1. The highest BCUT2D eigenvalue weighted by molar-refractivity contribution is 7.07. The molecule has 0 radical (unpaired) electrons. The van der Waals surface area contributed by atoms with Crippen LogP contribution >= 0.6 is 11.5 Å². The van der Waals surface area contributed by atoms with Crippen LogP contribution in [0.5, 0.6) is 0 Å². The number of nitrogens with two attached hydrogens (primary N) is 1. The Morgan fingerprint density at radius 2 is 2.17 bits per heavy atom. The molecule has 0 spiro atoms. The Labute approximate surface area is 105 Å². The van der Waals surface area contributed by atoms with Crippen molar-refractivity contribution < 1.29 is 14.7 Å². The van der Waals surface area contributed by atoms with E-state index in [1.165, 1.54) is 24.4 Å². The second kappa shape index (κ2) is 4.80. The van der Waals surface area contributed by atoms with E-state index in [4.69, 9.17) is 10.8 Å². The SMILES string of the molecule is Nc1ccc(NC(=O)c2cnns2)c(C(=O)O)c1. The van der Waals surface area contributed by atoms with E-state index in [-0.39, 0.29) is 11.3 Å². The van der Waals surface area contributed by atoms with Gasteiger partial charge in [0, 0.05) is 5.69 Å². The van der Waals surface area contributed by atoms with Crippen molar-refractivity contribution in [2.24, 2.45) is 0 Å². The van der Waals surface area contributed by atoms with E-state index in [1.807, 2.05) is 0 Å². The van der Waals surface area contributed by atoms with Gasteiger partial charge >= 0.3 is 5.97 Å². The largest absolute Gasteiger partial charge is 0.478 e. The summed E-state index contributed by atoms with van der Waals surface area (Å²) in [5.41, 5.74) is 5.91. The highest BCUT2D eigenvalue weighted by Gasteiger charge is 2.15. The molecular formula is C10H8N4O3S. The summed E-state index contributed by atoms with van der Waals surface area (Å²) in [7, 11) is 0. The standard InChI is InChI=1S/C10H8N4O3S/c11-5-1-2-7(6(3-5)10(16)17)13-9(15)8-4-12-14-18-8/h1-4H,11H2,(H,13,15)(H,16,17). The Morgan fingerprint density at radius 3 is 2.78 bits per heavy atom. The minimum absolute atomic E-state index is 0.0687. The van der Waals surface area contributed by atoms with E-state index in [0.717, 1.165) is 11.5 Å². The molecule has 92 valence electrons. The van der Waals surface area contributed by atoms with Crippen molar-refractivity contribution in [3.05, 3.63) is 34.8 Å². The number of anilines is 2. The van der Waals surface area contributed by atoms with Gasteiger partial charge in [0.15, 0.2) is 0 Å². The Morgan fingerprint density at radius 1 is 1.39 bits per heavy atom. The zero-order valence-corrected chi connectivity index (χ0v) is 9.77. The number of aromatic carboxylic acids is 1. The molecule has 0 aliphatic rings. The van der Waals surface area contributed by atoms with E-state index < -0.39 is 11.9 Å². The van der Waals surface area contributed by atoms with E-state index in [2.05, 4.69) is 14.9 Å². The lowest BCUT2D eigenvalue weighted by atomic mass is 10.1. The highest BCUT2D eigenvalue weighted by atomic mass is 32.1. The van der Waals surface area contributed by atoms with Crippen molar-refractivity contribution in [2.45, 2.75) is 0 Å². The van der Waals surface area contributed by atoms with Crippen molar-refractivity contribution in [3.8, 4) is 0 Å². The van der Waals surface area contributed by atoms with Gasteiger partial charge in [0.25, 0.3) is 5.91 Å². The molecule has 8 heteroatoms. The summed E-state index contributed by atoms with van der Waals surface area (Å²) < 4.78 is 3.55. The summed E-state index contributed by atoms with van der Waals surface area (Å²) in [6.45, 7) is 0. The second-order valence-electron chi connectivity index (χ2n) is 3.35. The number of nitrogens with one attached hydrogen (secondary N) is 1. The summed E-state index contributed by atoms with van der Waals surface area (Å²) >= 11 is 0.922. The number of nitrogens with zero attached hydrogens (tertiary/aromatic N) is 2. The first-order valence-corrected chi connectivity index (χ1v) is 5.57. The van der Waals surface area contributed by atoms with Crippen LogP contribution in [-0.4, -0.2) is 26.6 Å². The smallest absolute Gasteiger partial charge is 0.337 e. The van der Waals surface area contributed by atoms with Crippen LogP contribution in [0.15, 0.2) is 24.4 Å². The molecule has 0 atom stereocenters. The second-order valence-corrected chi connectivity index (χ2v) is 4.13. The fourth-order valence-electron chi connectivity index (χ4n) is 1.30. The molecule has 7 nitrogen and oxygen atoms in total. The molecule has 0 bridgehead atoms. The summed E-state index contributed by atoms with van der Waals surface area (Å²) in [4.78, 5) is 23.0. The molecule has 0 aliphatic carbocycles. The number of carboxylic acid groups (broad SMARTS) is 1. The first-order valence-electron chi connectivity index (χ1n) is 4.79.